The smallest absolute Gasteiger partial charge is 0.336 e. The van der Waals surface area contributed by atoms with Crippen LogP contribution in [-0.4, -0.2) is 18.4 Å². The highest BCUT2D eigenvalue weighted by atomic mass is 79.9. The summed E-state index contributed by atoms with van der Waals surface area (Å²) in [6.07, 6.45) is 3.05. The predicted octanol–water partition coefficient (Wildman–Crippen LogP) is 5.40. The lowest BCUT2D eigenvalue weighted by Gasteiger charge is -2.39. The summed E-state index contributed by atoms with van der Waals surface area (Å²) in [6.45, 7) is 8.57. The van der Waals surface area contributed by atoms with Gasteiger partial charge in [-0.1, -0.05) is 55.3 Å². The molecule has 3 rings (SSSR count). The molecule has 4 nitrogen and oxygen atoms in total. The third-order valence-corrected chi connectivity index (χ3v) is 5.87. The van der Waals surface area contributed by atoms with E-state index < -0.39 is 5.92 Å². The first-order valence-electron chi connectivity index (χ1n) is 9.90. The number of allylic oxidation sites excluding steroid dienone is 3. The molecule has 1 heterocycles. The first-order chi connectivity index (χ1) is 13.2. The van der Waals surface area contributed by atoms with Crippen LogP contribution in [0.3, 0.4) is 0 Å². The van der Waals surface area contributed by atoms with Crippen LogP contribution < -0.4 is 5.32 Å². The van der Waals surface area contributed by atoms with Crippen LogP contribution in [0, 0.1) is 5.41 Å². The summed E-state index contributed by atoms with van der Waals surface area (Å²) >= 11 is 3.52. The Morgan fingerprint density at radius 1 is 1.32 bits per heavy atom. The van der Waals surface area contributed by atoms with Crippen LogP contribution in [0.25, 0.3) is 0 Å². The van der Waals surface area contributed by atoms with Crippen LogP contribution >= 0.6 is 15.9 Å². The largest absolute Gasteiger partial charge is 0.462 e. The van der Waals surface area contributed by atoms with Crippen molar-refractivity contribution < 1.29 is 14.3 Å². The molecule has 2 aliphatic rings. The van der Waals surface area contributed by atoms with Gasteiger partial charge in [-0.3, -0.25) is 4.79 Å². The average molecular weight is 446 g/mol. The van der Waals surface area contributed by atoms with E-state index in [0.29, 0.717) is 24.2 Å². The second-order valence-corrected chi connectivity index (χ2v) is 9.39. The maximum atomic E-state index is 13.2. The van der Waals surface area contributed by atoms with Crippen LogP contribution in [0.4, 0.5) is 0 Å². The third kappa shape index (κ3) is 4.24. The molecule has 150 valence electrons. The minimum absolute atomic E-state index is 0.0931. The number of ether oxygens (including phenoxy) is 1. The first-order valence-corrected chi connectivity index (χ1v) is 10.7. The highest BCUT2D eigenvalue weighted by Gasteiger charge is 2.43. The number of ketones is 1. The molecule has 1 N–H and O–H groups in total. The zero-order valence-electron chi connectivity index (χ0n) is 17.0. The number of unbranched alkanes of at least 4 members (excludes halogenated alkanes) is 1. The normalized spacial score (nSPS) is 21.3. The number of nitrogens with one attached hydrogen (secondary N) is 1. The van der Waals surface area contributed by atoms with Gasteiger partial charge in [-0.05, 0) is 42.9 Å². The fourth-order valence-corrected chi connectivity index (χ4v) is 4.53. The molecule has 0 fully saturated rings. The molecule has 0 spiro atoms. The molecule has 5 heteroatoms. The number of dihydropyridines is 1. The van der Waals surface area contributed by atoms with Crippen molar-refractivity contribution in [3.8, 4) is 0 Å². The summed E-state index contributed by atoms with van der Waals surface area (Å²) in [5.41, 5.74) is 3.80. The monoisotopic (exact) mass is 445 g/mol. The molecule has 1 aromatic rings. The SMILES string of the molecule is CCCCOC(=O)C1=C(C)NC2=C(C(=O)CC(C)(C)C2)[C@H]1c1cccc(Br)c1. The topological polar surface area (TPSA) is 55.4 Å². The van der Waals surface area contributed by atoms with Crippen molar-refractivity contribution in [2.24, 2.45) is 5.41 Å². The van der Waals surface area contributed by atoms with Gasteiger partial charge in [0.2, 0.25) is 0 Å². The number of rotatable bonds is 5. The standard InChI is InChI=1S/C23H28BrNO3/c1-5-6-10-28-22(27)19-14(2)25-17-12-23(3,4)13-18(26)21(17)20(19)15-8-7-9-16(24)11-15/h7-9,11,20,25H,5-6,10,12-13H2,1-4H3/t20-/m0/s1. The van der Waals surface area contributed by atoms with Gasteiger partial charge in [0, 0.05) is 33.8 Å². The van der Waals surface area contributed by atoms with Crippen molar-refractivity contribution in [2.45, 2.75) is 59.3 Å². The van der Waals surface area contributed by atoms with Gasteiger partial charge < -0.3 is 10.1 Å². The average Bonchev–Trinajstić information content (AvgIpc) is 2.59. The molecule has 0 saturated heterocycles. The van der Waals surface area contributed by atoms with Crippen LogP contribution in [0.5, 0.6) is 0 Å². The Morgan fingerprint density at radius 2 is 2.07 bits per heavy atom. The lowest BCUT2D eigenvalue weighted by atomic mass is 9.68. The highest BCUT2D eigenvalue weighted by Crippen LogP contribution is 2.47. The summed E-state index contributed by atoms with van der Waals surface area (Å²) in [5.74, 6) is -0.630. The zero-order valence-corrected chi connectivity index (χ0v) is 18.6. The minimum atomic E-state index is -0.397. The van der Waals surface area contributed by atoms with Gasteiger partial charge in [-0.25, -0.2) is 4.79 Å². The zero-order chi connectivity index (χ0) is 20.5. The molecule has 0 bridgehead atoms. The molecule has 0 amide bonds. The van der Waals surface area contributed by atoms with Crippen LogP contribution in [0.15, 0.2) is 51.3 Å². The predicted molar refractivity (Wildman–Crippen MR) is 114 cm³/mol. The number of benzene rings is 1. The number of carbonyl (C=O) groups excluding carboxylic acids is 2. The highest BCUT2D eigenvalue weighted by molar-refractivity contribution is 9.10. The molecule has 0 unspecified atom stereocenters. The van der Waals surface area contributed by atoms with E-state index in [1.54, 1.807) is 0 Å². The van der Waals surface area contributed by atoms with Crippen molar-refractivity contribution in [1.82, 2.24) is 5.32 Å². The van der Waals surface area contributed by atoms with Gasteiger partial charge in [-0.15, -0.1) is 0 Å². The van der Waals surface area contributed by atoms with Crippen molar-refractivity contribution in [1.29, 1.82) is 0 Å². The summed E-state index contributed by atoms with van der Waals surface area (Å²) in [4.78, 5) is 26.2. The molecule has 0 aromatic heterocycles. The van der Waals surface area contributed by atoms with Crippen LogP contribution in [0.1, 0.15) is 64.9 Å². The fourth-order valence-electron chi connectivity index (χ4n) is 4.11. The number of hydrogen-bond donors (Lipinski definition) is 1. The Bertz CT molecular complexity index is 866. The molecule has 0 radical (unpaired) electrons. The Labute approximate surface area is 175 Å². The molecular formula is C23H28BrNO3. The van der Waals surface area contributed by atoms with Crippen molar-refractivity contribution >= 4 is 27.7 Å². The second kappa shape index (κ2) is 8.24. The van der Waals surface area contributed by atoms with E-state index in [9.17, 15) is 9.59 Å². The summed E-state index contributed by atoms with van der Waals surface area (Å²) in [5, 5.41) is 3.37. The number of Topliss-reactive ketones (excluding diaryl/α,β-unsaturated/α-hetero) is 1. The quantitative estimate of drug-likeness (QED) is 0.486. The van der Waals surface area contributed by atoms with E-state index in [-0.39, 0.29) is 17.2 Å². The summed E-state index contributed by atoms with van der Waals surface area (Å²) in [6, 6.07) is 7.85. The number of hydrogen-bond acceptors (Lipinski definition) is 4. The summed E-state index contributed by atoms with van der Waals surface area (Å²) in [7, 11) is 0. The third-order valence-electron chi connectivity index (χ3n) is 5.37. The molecule has 1 aliphatic carbocycles. The molecule has 1 aromatic carbocycles. The van der Waals surface area contributed by atoms with E-state index in [2.05, 4.69) is 42.0 Å². The Balaban J connectivity index is 2.09. The van der Waals surface area contributed by atoms with Crippen LogP contribution in [0.2, 0.25) is 0 Å². The van der Waals surface area contributed by atoms with Crippen molar-refractivity contribution in [3.05, 3.63) is 56.8 Å². The minimum Gasteiger partial charge on any atom is -0.462 e. The van der Waals surface area contributed by atoms with Gasteiger partial charge in [0.15, 0.2) is 5.78 Å². The molecular weight excluding hydrogens is 418 g/mol. The fraction of sp³-hybridized carbons (Fsp3) is 0.478. The lowest BCUT2D eigenvalue weighted by Crippen LogP contribution is -2.38. The van der Waals surface area contributed by atoms with Gasteiger partial charge in [0.1, 0.15) is 0 Å². The van der Waals surface area contributed by atoms with Crippen LogP contribution in [-0.2, 0) is 14.3 Å². The maximum Gasteiger partial charge on any atom is 0.336 e. The number of halogens is 1. The molecule has 0 saturated carbocycles. The van der Waals surface area contributed by atoms with Gasteiger partial charge in [0.25, 0.3) is 0 Å². The Hall–Kier alpha value is -1.88. The van der Waals surface area contributed by atoms with E-state index in [0.717, 1.165) is 40.7 Å². The molecule has 1 aliphatic heterocycles. The van der Waals surface area contributed by atoms with E-state index in [4.69, 9.17) is 4.74 Å². The van der Waals surface area contributed by atoms with E-state index in [1.165, 1.54) is 0 Å². The van der Waals surface area contributed by atoms with Gasteiger partial charge in [0.05, 0.1) is 12.2 Å². The van der Waals surface area contributed by atoms with E-state index in [1.807, 2.05) is 31.2 Å². The summed E-state index contributed by atoms with van der Waals surface area (Å²) < 4.78 is 6.47. The lowest BCUT2D eigenvalue weighted by molar-refractivity contribution is -0.139. The van der Waals surface area contributed by atoms with Gasteiger partial charge in [-0.2, -0.15) is 0 Å². The van der Waals surface area contributed by atoms with E-state index >= 15 is 0 Å². The number of carbonyl (C=O) groups is 2. The number of esters is 1. The molecule has 28 heavy (non-hydrogen) atoms. The second-order valence-electron chi connectivity index (χ2n) is 8.47. The van der Waals surface area contributed by atoms with Gasteiger partial charge >= 0.3 is 5.97 Å². The molecule has 1 atom stereocenters. The Kier molecular flexibility index (Phi) is 6.13. The first kappa shape index (κ1) is 20.8. The Morgan fingerprint density at radius 3 is 2.75 bits per heavy atom. The van der Waals surface area contributed by atoms with Crippen molar-refractivity contribution in [3.63, 3.8) is 0 Å². The maximum absolute atomic E-state index is 13.2. The van der Waals surface area contributed by atoms with Crippen molar-refractivity contribution in [2.75, 3.05) is 6.61 Å².